The summed E-state index contributed by atoms with van der Waals surface area (Å²) in [5.41, 5.74) is 1.29. The summed E-state index contributed by atoms with van der Waals surface area (Å²) in [6.45, 7) is 2.67. The highest BCUT2D eigenvalue weighted by molar-refractivity contribution is 5.90. The van der Waals surface area contributed by atoms with Crippen molar-refractivity contribution in [3.05, 3.63) is 47.5 Å². The maximum absolute atomic E-state index is 12.1. The number of aryl methyl sites for hydroxylation is 2. The third kappa shape index (κ3) is 3.66. The SMILES string of the molecule is CCc1nc(C(=O)N(C)CCCc2ccccc2)n[nH]1. The predicted molar refractivity (Wildman–Crippen MR) is 77.5 cm³/mol. The first-order valence-electron chi connectivity index (χ1n) is 6.91. The molecular formula is C15H20N4O. The molecule has 0 unspecified atom stereocenters. The molecule has 1 aromatic heterocycles. The van der Waals surface area contributed by atoms with Crippen LogP contribution in [0, 0.1) is 0 Å². The van der Waals surface area contributed by atoms with E-state index in [1.807, 2.05) is 25.1 Å². The van der Waals surface area contributed by atoms with Crippen molar-refractivity contribution in [1.29, 1.82) is 0 Å². The number of nitrogens with one attached hydrogen (secondary N) is 1. The summed E-state index contributed by atoms with van der Waals surface area (Å²) < 4.78 is 0. The molecule has 20 heavy (non-hydrogen) atoms. The van der Waals surface area contributed by atoms with E-state index in [4.69, 9.17) is 0 Å². The lowest BCUT2D eigenvalue weighted by Gasteiger charge is -2.14. The van der Waals surface area contributed by atoms with E-state index >= 15 is 0 Å². The van der Waals surface area contributed by atoms with Crippen LogP contribution in [0.25, 0.3) is 0 Å². The van der Waals surface area contributed by atoms with Crippen LogP contribution >= 0.6 is 0 Å². The second kappa shape index (κ2) is 6.84. The highest BCUT2D eigenvalue weighted by atomic mass is 16.2. The summed E-state index contributed by atoms with van der Waals surface area (Å²) >= 11 is 0. The molecule has 0 saturated heterocycles. The van der Waals surface area contributed by atoms with Crippen LogP contribution in [0.15, 0.2) is 30.3 Å². The van der Waals surface area contributed by atoms with Crippen molar-refractivity contribution in [3.8, 4) is 0 Å². The molecule has 0 bridgehead atoms. The molecule has 0 aliphatic heterocycles. The second-order valence-corrected chi connectivity index (χ2v) is 4.78. The van der Waals surface area contributed by atoms with Gasteiger partial charge in [-0.15, -0.1) is 5.10 Å². The van der Waals surface area contributed by atoms with Gasteiger partial charge in [-0.25, -0.2) is 4.98 Å². The van der Waals surface area contributed by atoms with Crippen molar-refractivity contribution >= 4 is 5.91 Å². The molecule has 0 radical (unpaired) electrons. The van der Waals surface area contributed by atoms with Crippen LogP contribution in [0.1, 0.15) is 35.4 Å². The molecule has 0 spiro atoms. The van der Waals surface area contributed by atoms with Gasteiger partial charge in [-0.1, -0.05) is 37.3 Å². The number of hydrogen-bond acceptors (Lipinski definition) is 3. The average molecular weight is 272 g/mol. The monoisotopic (exact) mass is 272 g/mol. The van der Waals surface area contributed by atoms with Gasteiger partial charge in [-0.2, -0.15) is 0 Å². The van der Waals surface area contributed by atoms with E-state index in [-0.39, 0.29) is 11.7 Å². The third-order valence-corrected chi connectivity index (χ3v) is 3.21. The number of amides is 1. The molecule has 1 heterocycles. The molecule has 106 valence electrons. The minimum absolute atomic E-state index is 0.131. The van der Waals surface area contributed by atoms with E-state index in [1.54, 1.807) is 11.9 Å². The third-order valence-electron chi connectivity index (χ3n) is 3.21. The zero-order valence-corrected chi connectivity index (χ0v) is 12.0. The van der Waals surface area contributed by atoms with Crippen LogP contribution in [0.5, 0.6) is 0 Å². The van der Waals surface area contributed by atoms with Crippen LogP contribution in [0.3, 0.4) is 0 Å². The number of carbonyl (C=O) groups excluding carboxylic acids is 1. The molecule has 0 aliphatic carbocycles. The Hall–Kier alpha value is -2.17. The zero-order valence-electron chi connectivity index (χ0n) is 12.0. The van der Waals surface area contributed by atoms with Crippen molar-refractivity contribution in [2.24, 2.45) is 0 Å². The Bertz CT molecular complexity index is 550. The standard InChI is InChI=1S/C15H20N4O/c1-3-13-16-14(18-17-13)15(20)19(2)11-7-10-12-8-5-4-6-9-12/h4-6,8-9H,3,7,10-11H2,1-2H3,(H,16,17,18). The summed E-state index contributed by atoms with van der Waals surface area (Å²) in [7, 11) is 1.79. The molecule has 0 atom stereocenters. The Morgan fingerprint density at radius 2 is 2.05 bits per heavy atom. The van der Waals surface area contributed by atoms with Gasteiger partial charge in [0.05, 0.1) is 0 Å². The van der Waals surface area contributed by atoms with Crippen LogP contribution in [-0.4, -0.2) is 39.6 Å². The normalized spacial score (nSPS) is 10.5. The second-order valence-electron chi connectivity index (χ2n) is 4.78. The fourth-order valence-electron chi connectivity index (χ4n) is 1.99. The molecule has 1 amide bonds. The Labute approximate surface area is 119 Å². The van der Waals surface area contributed by atoms with Gasteiger partial charge < -0.3 is 4.90 Å². The lowest BCUT2D eigenvalue weighted by atomic mass is 10.1. The molecule has 2 rings (SSSR count). The van der Waals surface area contributed by atoms with Crippen LogP contribution in [-0.2, 0) is 12.8 Å². The molecular weight excluding hydrogens is 252 g/mol. The van der Waals surface area contributed by atoms with Crippen LogP contribution < -0.4 is 0 Å². The number of benzene rings is 1. The molecule has 5 heteroatoms. The largest absolute Gasteiger partial charge is 0.339 e. The number of nitrogens with zero attached hydrogens (tertiary/aromatic N) is 3. The lowest BCUT2D eigenvalue weighted by Crippen LogP contribution is -2.29. The van der Waals surface area contributed by atoms with Crippen molar-refractivity contribution < 1.29 is 4.79 Å². The van der Waals surface area contributed by atoms with Gasteiger partial charge in [-0.05, 0) is 18.4 Å². The molecule has 2 aromatic rings. The van der Waals surface area contributed by atoms with Crippen molar-refractivity contribution in [1.82, 2.24) is 20.1 Å². The van der Waals surface area contributed by atoms with Gasteiger partial charge >= 0.3 is 0 Å². The van der Waals surface area contributed by atoms with E-state index in [0.29, 0.717) is 6.54 Å². The van der Waals surface area contributed by atoms with Crippen molar-refractivity contribution in [2.45, 2.75) is 26.2 Å². The van der Waals surface area contributed by atoms with Gasteiger partial charge in [0.1, 0.15) is 5.82 Å². The molecule has 0 saturated carbocycles. The lowest BCUT2D eigenvalue weighted by molar-refractivity contribution is 0.0782. The fourth-order valence-corrected chi connectivity index (χ4v) is 1.99. The van der Waals surface area contributed by atoms with Gasteiger partial charge in [0, 0.05) is 20.0 Å². The van der Waals surface area contributed by atoms with Crippen molar-refractivity contribution in [3.63, 3.8) is 0 Å². The number of carbonyl (C=O) groups is 1. The number of H-pyrrole nitrogens is 1. The smallest absolute Gasteiger partial charge is 0.293 e. The maximum atomic E-state index is 12.1. The number of aromatic nitrogens is 3. The fraction of sp³-hybridized carbons (Fsp3) is 0.400. The van der Waals surface area contributed by atoms with E-state index in [0.717, 1.165) is 25.1 Å². The summed E-state index contributed by atoms with van der Waals surface area (Å²) in [5.74, 6) is 0.865. The number of hydrogen-bond donors (Lipinski definition) is 1. The summed E-state index contributed by atoms with van der Waals surface area (Å²) in [6.07, 6.45) is 2.64. The Balaban J connectivity index is 1.82. The summed E-state index contributed by atoms with van der Waals surface area (Å²) in [5, 5.41) is 6.71. The van der Waals surface area contributed by atoms with Crippen molar-refractivity contribution in [2.75, 3.05) is 13.6 Å². The van der Waals surface area contributed by atoms with E-state index in [9.17, 15) is 4.79 Å². The van der Waals surface area contributed by atoms with E-state index < -0.39 is 0 Å². The highest BCUT2D eigenvalue weighted by Gasteiger charge is 2.16. The molecule has 0 aliphatic rings. The highest BCUT2D eigenvalue weighted by Crippen LogP contribution is 2.04. The summed E-state index contributed by atoms with van der Waals surface area (Å²) in [4.78, 5) is 17.9. The molecule has 0 fully saturated rings. The topological polar surface area (TPSA) is 61.9 Å². The van der Waals surface area contributed by atoms with Crippen LogP contribution in [0.4, 0.5) is 0 Å². The van der Waals surface area contributed by atoms with Gasteiger partial charge in [0.2, 0.25) is 5.82 Å². The quantitative estimate of drug-likeness (QED) is 0.875. The Kier molecular flexibility index (Phi) is 4.87. The van der Waals surface area contributed by atoms with Gasteiger partial charge in [-0.3, -0.25) is 9.89 Å². The zero-order chi connectivity index (χ0) is 14.4. The molecule has 1 N–H and O–H groups in total. The first-order valence-corrected chi connectivity index (χ1v) is 6.91. The maximum Gasteiger partial charge on any atom is 0.293 e. The molecule has 5 nitrogen and oxygen atoms in total. The number of aromatic amines is 1. The number of rotatable bonds is 6. The van der Waals surface area contributed by atoms with E-state index in [2.05, 4.69) is 27.3 Å². The Morgan fingerprint density at radius 1 is 1.30 bits per heavy atom. The minimum atomic E-state index is -0.131. The van der Waals surface area contributed by atoms with E-state index in [1.165, 1.54) is 5.56 Å². The summed E-state index contributed by atoms with van der Waals surface area (Å²) in [6, 6.07) is 10.3. The molecule has 1 aromatic carbocycles. The van der Waals surface area contributed by atoms with Gasteiger partial charge in [0.15, 0.2) is 0 Å². The first-order chi connectivity index (χ1) is 9.70. The van der Waals surface area contributed by atoms with Crippen LogP contribution in [0.2, 0.25) is 0 Å². The predicted octanol–water partition coefficient (Wildman–Crippen LogP) is 2.07. The Morgan fingerprint density at radius 3 is 2.70 bits per heavy atom. The first kappa shape index (κ1) is 14.2. The van der Waals surface area contributed by atoms with Gasteiger partial charge in [0.25, 0.3) is 5.91 Å². The average Bonchev–Trinajstić information content (AvgIpc) is 2.96. The minimum Gasteiger partial charge on any atom is -0.339 e.